The molecule has 2 rings (SSSR count). The van der Waals surface area contributed by atoms with Crippen molar-refractivity contribution in [2.75, 3.05) is 7.11 Å². The zero-order valence-corrected chi connectivity index (χ0v) is 15.8. The van der Waals surface area contributed by atoms with Gasteiger partial charge in [0.05, 0.1) is 19.8 Å². The summed E-state index contributed by atoms with van der Waals surface area (Å²) in [5.41, 5.74) is 1.99. The van der Waals surface area contributed by atoms with Gasteiger partial charge in [-0.05, 0) is 60.2 Å². The van der Waals surface area contributed by atoms with E-state index >= 15 is 0 Å². The highest BCUT2D eigenvalue weighted by atomic mass is 16.5. The zero-order chi connectivity index (χ0) is 20.7. The molecule has 0 fully saturated rings. The Kier molecular flexibility index (Phi) is 7.66. The maximum atomic E-state index is 12.2. The van der Waals surface area contributed by atoms with E-state index in [0.29, 0.717) is 30.4 Å². The first-order valence-corrected chi connectivity index (χ1v) is 9.04. The van der Waals surface area contributed by atoms with E-state index in [4.69, 9.17) is 4.74 Å². The molecule has 0 amide bonds. The Bertz CT molecular complexity index is 817. The summed E-state index contributed by atoms with van der Waals surface area (Å²) >= 11 is 0. The summed E-state index contributed by atoms with van der Waals surface area (Å²) < 4.78 is 5.06. The number of methoxy groups -OCH3 is 1. The van der Waals surface area contributed by atoms with Crippen molar-refractivity contribution in [3.05, 3.63) is 47.0 Å². The van der Waals surface area contributed by atoms with E-state index in [1.165, 1.54) is 25.3 Å². The third-order valence-electron chi connectivity index (χ3n) is 4.61. The van der Waals surface area contributed by atoms with Gasteiger partial charge in [-0.1, -0.05) is 6.07 Å². The van der Waals surface area contributed by atoms with E-state index in [1.807, 2.05) is 0 Å². The van der Waals surface area contributed by atoms with Crippen molar-refractivity contribution in [2.45, 2.75) is 44.8 Å². The molecule has 152 valence electrons. The van der Waals surface area contributed by atoms with Gasteiger partial charge in [-0.15, -0.1) is 0 Å². The highest BCUT2D eigenvalue weighted by Gasteiger charge is 2.14. The maximum absolute atomic E-state index is 12.2. The molecule has 0 aliphatic rings. The number of aryl methyl sites for hydroxylation is 2. The second kappa shape index (κ2) is 9.96. The number of hydrogen-bond donors (Lipinski definition) is 5. The highest BCUT2D eigenvalue weighted by molar-refractivity contribution is 5.79. The van der Waals surface area contributed by atoms with Gasteiger partial charge >= 0.3 is 0 Å². The Hall–Kier alpha value is -2.77. The Morgan fingerprint density at radius 2 is 1.75 bits per heavy atom. The number of Topliss-reactive ketones (excluding diaryl/α,β-unsaturated/α-hetero) is 1. The summed E-state index contributed by atoms with van der Waals surface area (Å²) in [6.07, 6.45) is 0.572. The fourth-order valence-corrected chi connectivity index (χ4v) is 3.00. The van der Waals surface area contributed by atoms with Crippen LogP contribution in [-0.2, 0) is 24.2 Å². The second-order valence-electron chi connectivity index (χ2n) is 6.71. The predicted molar refractivity (Wildman–Crippen MR) is 103 cm³/mol. The van der Waals surface area contributed by atoms with Crippen LogP contribution in [0.25, 0.3) is 0 Å². The van der Waals surface area contributed by atoms with Gasteiger partial charge in [-0.25, -0.2) is 0 Å². The van der Waals surface area contributed by atoms with Gasteiger partial charge < -0.3 is 30.3 Å². The third-order valence-corrected chi connectivity index (χ3v) is 4.61. The number of carbonyl (C=O) groups excluding carboxylic acids is 1. The van der Waals surface area contributed by atoms with E-state index in [-0.39, 0.29) is 48.2 Å². The van der Waals surface area contributed by atoms with Crippen LogP contribution in [0.1, 0.15) is 36.0 Å². The van der Waals surface area contributed by atoms with Crippen LogP contribution in [0.15, 0.2) is 30.3 Å². The number of ether oxygens (including phenoxy) is 1. The summed E-state index contributed by atoms with van der Waals surface area (Å²) in [5.74, 6) is -0.328. The summed E-state index contributed by atoms with van der Waals surface area (Å²) in [7, 11) is 1.42. The molecule has 7 heteroatoms. The topological polar surface area (TPSA) is 127 Å². The molecule has 2 aromatic carbocycles. The summed E-state index contributed by atoms with van der Waals surface area (Å²) in [4.78, 5) is 12.2. The molecular formula is C21H26O7. The SMILES string of the molecule is COc1cc(CCC(=O)CC(O)CCc2ccc(O)c(O)c2)c(CO)cc1O. The molecule has 0 heterocycles. The molecule has 7 nitrogen and oxygen atoms in total. The fourth-order valence-electron chi connectivity index (χ4n) is 3.00. The van der Waals surface area contributed by atoms with Crippen molar-refractivity contribution < 1.29 is 35.1 Å². The van der Waals surface area contributed by atoms with Crippen LogP contribution < -0.4 is 4.74 Å². The molecule has 0 saturated heterocycles. The molecule has 2 aromatic rings. The lowest BCUT2D eigenvalue weighted by atomic mass is 9.97. The molecule has 0 aliphatic heterocycles. The number of hydrogen-bond acceptors (Lipinski definition) is 7. The molecule has 5 N–H and O–H groups in total. The largest absolute Gasteiger partial charge is 0.504 e. The number of carbonyl (C=O) groups is 1. The number of aliphatic hydroxyl groups excluding tert-OH is 2. The standard InChI is InChI=1S/C21H26O7/c1-28-21-10-14(15(12-22)9-20(21)27)4-6-17(24)11-16(23)5-2-13-3-7-18(25)19(26)8-13/h3,7-10,16,22-23,25-27H,2,4-6,11-12H2,1H3. The Labute approximate surface area is 163 Å². The number of aromatic hydroxyl groups is 3. The van der Waals surface area contributed by atoms with E-state index in [9.17, 15) is 30.3 Å². The molecule has 0 saturated carbocycles. The van der Waals surface area contributed by atoms with Crippen LogP contribution in [0.5, 0.6) is 23.0 Å². The van der Waals surface area contributed by atoms with Crippen molar-refractivity contribution in [3.8, 4) is 23.0 Å². The zero-order valence-electron chi connectivity index (χ0n) is 15.8. The average molecular weight is 390 g/mol. The van der Waals surface area contributed by atoms with E-state index in [0.717, 1.165) is 5.56 Å². The van der Waals surface area contributed by atoms with Crippen LogP contribution in [0.3, 0.4) is 0 Å². The number of ketones is 1. The van der Waals surface area contributed by atoms with Crippen molar-refractivity contribution in [2.24, 2.45) is 0 Å². The maximum Gasteiger partial charge on any atom is 0.160 e. The number of phenolic OH excluding ortho intramolecular Hbond substituents is 3. The van der Waals surface area contributed by atoms with Gasteiger partial charge in [0.15, 0.2) is 23.0 Å². The van der Waals surface area contributed by atoms with Crippen LogP contribution in [0, 0.1) is 0 Å². The van der Waals surface area contributed by atoms with E-state index in [2.05, 4.69) is 0 Å². The first-order chi connectivity index (χ1) is 13.3. The molecule has 0 bridgehead atoms. The van der Waals surface area contributed by atoms with Crippen LogP contribution in [-0.4, -0.2) is 44.5 Å². The van der Waals surface area contributed by atoms with E-state index in [1.54, 1.807) is 12.1 Å². The summed E-state index contributed by atoms with van der Waals surface area (Å²) in [6, 6.07) is 7.48. The lowest BCUT2D eigenvalue weighted by Gasteiger charge is -2.13. The third kappa shape index (κ3) is 5.87. The average Bonchev–Trinajstić information content (AvgIpc) is 2.67. The molecule has 0 spiro atoms. The number of aliphatic hydroxyl groups is 2. The molecule has 0 radical (unpaired) electrons. The second-order valence-corrected chi connectivity index (χ2v) is 6.71. The highest BCUT2D eigenvalue weighted by Crippen LogP contribution is 2.30. The molecule has 28 heavy (non-hydrogen) atoms. The minimum Gasteiger partial charge on any atom is -0.504 e. The van der Waals surface area contributed by atoms with Crippen LogP contribution >= 0.6 is 0 Å². The lowest BCUT2D eigenvalue weighted by molar-refractivity contribution is -0.121. The fraction of sp³-hybridized carbons (Fsp3) is 0.381. The molecular weight excluding hydrogens is 364 g/mol. The van der Waals surface area contributed by atoms with Crippen molar-refractivity contribution >= 4 is 5.78 Å². The normalized spacial score (nSPS) is 12.0. The van der Waals surface area contributed by atoms with Crippen molar-refractivity contribution in [3.63, 3.8) is 0 Å². The Morgan fingerprint density at radius 3 is 2.39 bits per heavy atom. The van der Waals surface area contributed by atoms with Crippen molar-refractivity contribution in [1.82, 2.24) is 0 Å². The van der Waals surface area contributed by atoms with Gasteiger partial charge in [-0.3, -0.25) is 4.79 Å². The number of benzene rings is 2. The number of rotatable bonds is 10. The molecule has 1 unspecified atom stereocenters. The first kappa shape index (κ1) is 21.5. The quantitative estimate of drug-likeness (QED) is 0.394. The van der Waals surface area contributed by atoms with Gasteiger partial charge in [0.1, 0.15) is 5.78 Å². The molecule has 1 atom stereocenters. The predicted octanol–water partition coefficient (Wildman–Crippen LogP) is 2.19. The van der Waals surface area contributed by atoms with Gasteiger partial charge in [0.2, 0.25) is 0 Å². The smallest absolute Gasteiger partial charge is 0.160 e. The van der Waals surface area contributed by atoms with Gasteiger partial charge in [0.25, 0.3) is 0 Å². The van der Waals surface area contributed by atoms with Crippen molar-refractivity contribution in [1.29, 1.82) is 0 Å². The minimum atomic E-state index is -0.810. The summed E-state index contributed by atoms with van der Waals surface area (Å²) in [5, 5.41) is 48.1. The Morgan fingerprint density at radius 1 is 1.00 bits per heavy atom. The Balaban J connectivity index is 1.85. The van der Waals surface area contributed by atoms with Gasteiger partial charge in [0, 0.05) is 12.8 Å². The monoisotopic (exact) mass is 390 g/mol. The summed E-state index contributed by atoms with van der Waals surface area (Å²) in [6.45, 7) is -0.261. The number of phenols is 3. The van der Waals surface area contributed by atoms with Gasteiger partial charge in [-0.2, -0.15) is 0 Å². The first-order valence-electron chi connectivity index (χ1n) is 9.04. The molecule has 0 aliphatic carbocycles. The lowest BCUT2D eigenvalue weighted by Crippen LogP contribution is -2.15. The minimum absolute atomic E-state index is 0.00768. The van der Waals surface area contributed by atoms with Crippen LogP contribution in [0.4, 0.5) is 0 Å². The van der Waals surface area contributed by atoms with Crippen LogP contribution in [0.2, 0.25) is 0 Å². The molecule has 0 aromatic heterocycles. The van der Waals surface area contributed by atoms with E-state index < -0.39 is 6.10 Å².